The highest BCUT2D eigenvalue weighted by Crippen LogP contribution is 2.37. The van der Waals surface area contributed by atoms with Gasteiger partial charge in [0.25, 0.3) is 20.0 Å². The van der Waals surface area contributed by atoms with Crippen LogP contribution in [0.4, 0.5) is 5.69 Å². The summed E-state index contributed by atoms with van der Waals surface area (Å²) in [4.78, 5) is 25.1. The number of aliphatic hydroxyl groups is 1. The number of hydrogen-bond acceptors (Lipinski definition) is 9. The van der Waals surface area contributed by atoms with E-state index < -0.39 is 32.6 Å². The Morgan fingerprint density at radius 3 is 1.98 bits per heavy atom. The number of pyridine rings is 2. The van der Waals surface area contributed by atoms with Crippen LogP contribution >= 0.6 is 0 Å². The molecule has 3 aromatic heterocycles. The van der Waals surface area contributed by atoms with Crippen molar-refractivity contribution in [3.8, 4) is 11.4 Å². The second kappa shape index (κ2) is 12.4. The summed E-state index contributed by atoms with van der Waals surface area (Å²) in [5, 5.41) is 12.5. The molecule has 50 heavy (non-hydrogen) atoms. The largest absolute Gasteiger partial charge is 0.464 e. The van der Waals surface area contributed by atoms with Crippen molar-refractivity contribution in [2.24, 2.45) is 0 Å². The number of benzene rings is 4. The number of hydrogen-bond donors (Lipinski definition) is 2. The summed E-state index contributed by atoms with van der Waals surface area (Å²) in [7, 11) is -8.12. The van der Waals surface area contributed by atoms with Gasteiger partial charge in [-0.15, -0.1) is 0 Å². The van der Waals surface area contributed by atoms with Crippen molar-refractivity contribution in [2.75, 3.05) is 10.8 Å². The number of carbonyl (C=O) groups is 1. The molecule has 0 amide bonds. The molecular formula is C37H30N4O7S2. The number of H-pyrrole nitrogens is 1. The first kappa shape index (κ1) is 32.9. The third-order valence-electron chi connectivity index (χ3n) is 8.45. The van der Waals surface area contributed by atoms with Gasteiger partial charge in [0.15, 0.2) is 0 Å². The van der Waals surface area contributed by atoms with Crippen LogP contribution in [0.15, 0.2) is 113 Å². The van der Waals surface area contributed by atoms with Crippen LogP contribution in [-0.4, -0.2) is 50.0 Å². The zero-order chi connectivity index (χ0) is 35.4. The number of ether oxygens (including phenoxy) is 1. The predicted molar refractivity (Wildman–Crippen MR) is 191 cm³/mol. The minimum atomic E-state index is -4.68. The van der Waals surface area contributed by atoms with Crippen LogP contribution in [0.1, 0.15) is 27.2 Å². The molecule has 0 saturated carbocycles. The molecule has 0 aliphatic heterocycles. The number of para-hydroxylation sites is 1. The predicted octanol–water partition coefficient (Wildman–Crippen LogP) is 6.41. The number of carbonyl (C=O) groups excluding carboxylic acids is 1. The van der Waals surface area contributed by atoms with E-state index in [1.807, 2.05) is 24.3 Å². The molecule has 0 bridgehead atoms. The molecule has 13 heteroatoms. The molecular weight excluding hydrogens is 677 g/mol. The molecule has 0 unspecified atom stereocenters. The molecule has 2 N–H and O–H groups in total. The molecule has 0 atom stereocenters. The van der Waals surface area contributed by atoms with E-state index in [-0.39, 0.29) is 38.1 Å². The lowest BCUT2D eigenvalue weighted by molar-refractivity contribution is 0.0594. The summed E-state index contributed by atoms with van der Waals surface area (Å²) in [5.74, 6) is -0.676. The van der Waals surface area contributed by atoms with E-state index in [1.54, 1.807) is 56.3 Å². The van der Waals surface area contributed by atoms with Gasteiger partial charge in [-0.25, -0.2) is 31.6 Å². The van der Waals surface area contributed by atoms with Crippen LogP contribution in [-0.2, 0) is 31.4 Å². The topological polar surface area (TPSA) is 160 Å². The molecule has 252 valence electrons. The van der Waals surface area contributed by atoms with Crippen LogP contribution in [0.2, 0.25) is 0 Å². The summed E-state index contributed by atoms with van der Waals surface area (Å²) in [5.41, 5.74) is 3.78. The van der Waals surface area contributed by atoms with Gasteiger partial charge in [-0.3, -0.25) is 0 Å². The van der Waals surface area contributed by atoms with Gasteiger partial charge in [-0.1, -0.05) is 59.7 Å². The molecule has 11 nitrogen and oxygen atoms in total. The van der Waals surface area contributed by atoms with Crippen LogP contribution in [0.5, 0.6) is 0 Å². The number of aryl methyl sites for hydroxylation is 2. The highest BCUT2D eigenvalue weighted by Gasteiger charge is 2.37. The summed E-state index contributed by atoms with van der Waals surface area (Å²) in [6.07, 6.45) is 0. The Labute approximate surface area is 287 Å². The Bertz CT molecular complexity index is 2610. The van der Waals surface area contributed by atoms with Gasteiger partial charge in [0.05, 0.1) is 45.9 Å². The fourth-order valence-electron chi connectivity index (χ4n) is 5.88. The minimum Gasteiger partial charge on any atom is -0.464 e. The molecule has 4 aromatic carbocycles. The maximum Gasteiger partial charge on any atom is 0.356 e. The van der Waals surface area contributed by atoms with Crippen molar-refractivity contribution in [1.82, 2.24) is 15.0 Å². The number of sulfonamides is 2. The van der Waals surface area contributed by atoms with Crippen LogP contribution in [0.3, 0.4) is 0 Å². The Kier molecular flexibility index (Phi) is 8.13. The first-order valence-electron chi connectivity index (χ1n) is 15.4. The second-order valence-electron chi connectivity index (χ2n) is 11.8. The second-order valence-corrected chi connectivity index (χ2v) is 15.6. The van der Waals surface area contributed by atoms with E-state index in [4.69, 9.17) is 9.72 Å². The van der Waals surface area contributed by atoms with Crippen molar-refractivity contribution in [1.29, 1.82) is 0 Å². The van der Waals surface area contributed by atoms with Gasteiger partial charge >= 0.3 is 5.97 Å². The zero-order valence-corrected chi connectivity index (χ0v) is 28.7. The maximum atomic E-state index is 14.3. The molecule has 0 radical (unpaired) electrons. The van der Waals surface area contributed by atoms with Crippen LogP contribution < -0.4 is 3.71 Å². The minimum absolute atomic E-state index is 0.0128. The first-order chi connectivity index (χ1) is 23.9. The van der Waals surface area contributed by atoms with E-state index in [9.17, 15) is 26.7 Å². The molecule has 3 heterocycles. The molecule has 0 fully saturated rings. The third kappa shape index (κ3) is 5.54. The molecule has 0 aliphatic rings. The maximum absolute atomic E-state index is 14.3. The van der Waals surface area contributed by atoms with E-state index >= 15 is 0 Å². The van der Waals surface area contributed by atoms with Crippen molar-refractivity contribution in [2.45, 2.75) is 30.2 Å². The molecule has 0 saturated heterocycles. The van der Waals surface area contributed by atoms with E-state index in [2.05, 4.69) is 9.97 Å². The van der Waals surface area contributed by atoms with Crippen LogP contribution in [0.25, 0.3) is 44.1 Å². The SMILES string of the molecule is COC(=O)c1cc2c([nH]c3ccccc32)c(-c2nc3cc(N(S(=O)(=O)c4ccc(C)cc4)S(=O)(=O)c4ccc(C)cc4)ccc3cc2CO)n1. The number of nitrogens with zero attached hydrogens (tertiary/aromatic N) is 3. The standard InChI is InChI=1S/C37H30N4O7S2/c1-22-8-14-27(15-9-22)49(44,45)41(50(46,47)28-16-10-23(2)11-17-28)26-13-12-24-18-25(21-42)34(39-32(24)19-26)36-35-30(20-33(40-36)37(43)48-3)29-6-4-5-7-31(29)38-35/h4-20,38,42H,21H2,1-3H3. The Morgan fingerprint density at radius 2 is 1.38 bits per heavy atom. The summed E-state index contributed by atoms with van der Waals surface area (Å²) in [6, 6.07) is 26.9. The van der Waals surface area contributed by atoms with Gasteiger partial charge in [0, 0.05) is 27.2 Å². The van der Waals surface area contributed by atoms with E-state index in [1.165, 1.54) is 43.5 Å². The lowest BCUT2D eigenvalue weighted by atomic mass is 10.0. The molecule has 0 aliphatic carbocycles. The fourth-order valence-corrected chi connectivity index (χ4v) is 9.56. The molecule has 7 aromatic rings. The van der Waals surface area contributed by atoms with Gasteiger partial charge in [-0.2, -0.15) is 3.71 Å². The number of methoxy groups -OCH3 is 1. The van der Waals surface area contributed by atoms with Gasteiger partial charge < -0.3 is 14.8 Å². The van der Waals surface area contributed by atoms with Crippen molar-refractivity contribution in [3.05, 3.63) is 126 Å². The summed E-state index contributed by atoms with van der Waals surface area (Å²) < 4.78 is 62.4. The van der Waals surface area contributed by atoms with Crippen LogP contribution in [0, 0.1) is 13.8 Å². The van der Waals surface area contributed by atoms with Crippen molar-refractivity contribution < 1.29 is 31.5 Å². The lowest BCUT2D eigenvalue weighted by Crippen LogP contribution is -2.37. The van der Waals surface area contributed by atoms with Crippen molar-refractivity contribution in [3.63, 3.8) is 0 Å². The normalized spacial score (nSPS) is 12.1. The average Bonchev–Trinajstić information content (AvgIpc) is 3.49. The van der Waals surface area contributed by atoms with Gasteiger partial charge in [-0.05, 0) is 68.4 Å². The Hall–Kier alpha value is -5.63. The zero-order valence-electron chi connectivity index (χ0n) is 27.1. The fraction of sp³-hybridized carbons (Fsp3) is 0.108. The quantitative estimate of drug-likeness (QED) is 0.170. The smallest absolute Gasteiger partial charge is 0.356 e. The van der Waals surface area contributed by atoms with E-state index in [0.29, 0.717) is 25.6 Å². The average molecular weight is 707 g/mol. The van der Waals surface area contributed by atoms with E-state index in [0.717, 1.165) is 22.0 Å². The Morgan fingerprint density at radius 1 is 0.760 bits per heavy atom. The first-order valence-corrected chi connectivity index (χ1v) is 18.3. The summed E-state index contributed by atoms with van der Waals surface area (Å²) in [6.45, 7) is 3.15. The molecule has 7 rings (SSSR count). The summed E-state index contributed by atoms with van der Waals surface area (Å²) >= 11 is 0. The number of fused-ring (bicyclic) bond motifs is 4. The number of aromatic nitrogens is 3. The molecule has 0 spiro atoms. The Balaban J connectivity index is 1.48. The number of aromatic amines is 1. The monoisotopic (exact) mass is 706 g/mol. The van der Waals surface area contributed by atoms with Gasteiger partial charge in [0.2, 0.25) is 0 Å². The highest BCUT2D eigenvalue weighted by atomic mass is 32.3. The highest BCUT2D eigenvalue weighted by molar-refractivity contribution is 8.10. The lowest BCUT2D eigenvalue weighted by Gasteiger charge is -2.24. The number of aliphatic hydroxyl groups excluding tert-OH is 1. The number of anilines is 1. The number of rotatable bonds is 8. The van der Waals surface area contributed by atoms with Crippen molar-refractivity contribution >= 4 is 64.4 Å². The number of nitrogens with one attached hydrogen (secondary N) is 1. The third-order valence-corrected chi connectivity index (χ3v) is 12.7. The number of esters is 1. The van der Waals surface area contributed by atoms with Gasteiger partial charge in [0.1, 0.15) is 11.4 Å².